The van der Waals surface area contributed by atoms with Gasteiger partial charge in [0.15, 0.2) is 0 Å². The van der Waals surface area contributed by atoms with E-state index in [1.807, 2.05) is 6.92 Å². The maximum atomic E-state index is 13.1. The molecule has 0 radical (unpaired) electrons. The lowest BCUT2D eigenvalue weighted by Gasteiger charge is -2.12. The van der Waals surface area contributed by atoms with Crippen molar-refractivity contribution < 1.29 is 13.9 Å². The molecule has 0 aliphatic carbocycles. The summed E-state index contributed by atoms with van der Waals surface area (Å²) in [6.07, 6.45) is 0. The molecule has 0 aromatic heterocycles. The van der Waals surface area contributed by atoms with E-state index in [1.165, 1.54) is 19.2 Å². The van der Waals surface area contributed by atoms with Crippen LogP contribution >= 0.6 is 12.4 Å². The van der Waals surface area contributed by atoms with Crippen molar-refractivity contribution in [3.8, 4) is 5.75 Å². The summed E-state index contributed by atoms with van der Waals surface area (Å²) in [5, 5.41) is 2.69. The molecule has 18 heavy (non-hydrogen) atoms. The van der Waals surface area contributed by atoms with Gasteiger partial charge in [0.1, 0.15) is 11.6 Å². The Morgan fingerprint density at radius 3 is 2.78 bits per heavy atom. The van der Waals surface area contributed by atoms with Gasteiger partial charge in [-0.05, 0) is 30.7 Å². The van der Waals surface area contributed by atoms with Gasteiger partial charge in [-0.3, -0.25) is 4.79 Å². The smallest absolute Gasteiger partial charge is 0.255 e. The van der Waals surface area contributed by atoms with Gasteiger partial charge in [-0.2, -0.15) is 0 Å². The first kappa shape index (κ1) is 16.7. The summed E-state index contributed by atoms with van der Waals surface area (Å²) in [5.41, 5.74) is 5.63. The van der Waals surface area contributed by atoms with Crippen molar-refractivity contribution >= 4 is 18.3 Å². The second-order valence-corrected chi connectivity index (χ2v) is 3.90. The third-order valence-electron chi connectivity index (χ3n) is 2.42. The van der Waals surface area contributed by atoms with E-state index in [9.17, 15) is 9.18 Å². The van der Waals surface area contributed by atoms with Crippen molar-refractivity contribution in [2.24, 2.45) is 11.7 Å². The topological polar surface area (TPSA) is 64.3 Å². The monoisotopic (exact) mass is 276 g/mol. The molecule has 0 aliphatic rings. The average Bonchev–Trinajstić information content (AvgIpc) is 2.35. The van der Waals surface area contributed by atoms with Gasteiger partial charge in [0.25, 0.3) is 5.91 Å². The molecule has 0 heterocycles. The van der Waals surface area contributed by atoms with Gasteiger partial charge in [-0.1, -0.05) is 6.92 Å². The molecule has 1 unspecified atom stereocenters. The van der Waals surface area contributed by atoms with Crippen molar-refractivity contribution in [2.75, 3.05) is 20.2 Å². The third-order valence-corrected chi connectivity index (χ3v) is 2.42. The maximum Gasteiger partial charge on any atom is 0.255 e. The Labute approximate surface area is 112 Å². The molecule has 0 bridgehead atoms. The minimum atomic E-state index is -0.470. The van der Waals surface area contributed by atoms with E-state index < -0.39 is 5.82 Å². The van der Waals surface area contributed by atoms with Gasteiger partial charge < -0.3 is 15.8 Å². The predicted molar refractivity (Wildman–Crippen MR) is 70.8 cm³/mol. The second kappa shape index (κ2) is 7.89. The van der Waals surface area contributed by atoms with Crippen LogP contribution < -0.4 is 15.8 Å². The molecule has 3 N–H and O–H groups in total. The molecule has 0 saturated heterocycles. The summed E-state index contributed by atoms with van der Waals surface area (Å²) >= 11 is 0. The lowest BCUT2D eigenvalue weighted by molar-refractivity contribution is 0.0945. The summed E-state index contributed by atoms with van der Waals surface area (Å²) in [7, 11) is 1.44. The summed E-state index contributed by atoms with van der Waals surface area (Å²) in [4.78, 5) is 11.8. The molecule has 0 fully saturated rings. The van der Waals surface area contributed by atoms with E-state index in [0.717, 1.165) is 6.07 Å². The highest BCUT2D eigenvalue weighted by atomic mass is 35.5. The Kier molecular flexibility index (Phi) is 7.31. The van der Waals surface area contributed by atoms with Gasteiger partial charge >= 0.3 is 0 Å². The summed E-state index contributed by atoms with van der Waals surface area (Å²) in [6.45, 7) is 2.86. The fourth-order valence-corrected chi connectivity index (χ4v) is 1.30. The van der Waals surface area contributed by atoms with Crippen LogP contribution in [0.1, 0.15) is 17.3 Å². The number of methoxy groups -OCH3 is 1. The summed E-state index contributed by atoms with van der Waals surface area (Å²) in [6, 6.07) is 3.83. The minimum Gasteiger partial charge on any atom is -0.496 e. The van der Waals surface area contributed by atoms with Crippen LogP contribution in [0.5, 0.6) is 5.75 Å². The standard InChI is InChI=1S/C12H17FN2O2.ClH/c1-8(6-14)7-15-12(16)10-5-9(13)3-4-11(10)17-2;/h3-5,8H,6-7,14H2,1-2H3,(H,15,16);1H. The molecule has 4 nitrogen and oxygen atoms in total. The Bertz CT molecular complexity index is 402. The van der Waals surface area contributed by atoms with Crippen molar-refractivity contribution in [1.29, 1.82) is 0 Å². The zero-order valence-electron chi connectivity index (χ0n) is 10.4. The van der Waals surface area contributed by atoms with Crippen LogP contribution in [0.2, 0.25) is 0 Å². The number of rotatable bonds is 5. The molecular weight excluding hydrogens is 259 g/mol. The SMILES string of the molecule is COc1ccc(F)cc1C(=O)NCC(C)CN.Cl. The number of nitrogens with one attached hydrogen (secondary N) is 1. The molecular formula is C12H18ClFN2O2. The number of carbonyl (C=O) groups excluding carboxylic acids is 1. The van der Waals surface area contributed by atoms with Crippen molar-refractivity contribution in [2.45, 2.75) is 6.92 Å². The molecule has 1 rings (SSSR count). The van der Waals surface area contributed by atoms with Crippen LogP contribution in [0.4, 0.5) is 4.39 Å². The van der Waals surface area contributed by atoms with Crippen molar-refractivity contribution in [3.05, 3.63) is 29.6 Å². The number of hydrogen-bond donors (Lipinski definition) is 2. The van der Waals surface area contributed by atoms with E-state index in [0.29, 0.717) is 18.8 Å². The summed E-state index contributed by atoms with van der Waals surface area (Å²) in [5.74, 6) is -0.299. The normalized spacial score (nSPS) is 11.3. The van der Waals surface area contributed by atoms with Crippen LogP contribution in [0.25, 0.3) is 0 Å². The molecule has 1 aromatic rings. The number of benzene rings is 1. The fraction of sp³-hybridized carbons (Fsp3) is 0.417. The largest absolute Gasteiger partial charge is 0.496 e. The third kappa shape index (κ3) is 4.50. The lowest BCUT2D eigenvalue weighted by atomic mass is 10.1. The maximum absolute atomic E-state index is 13.1. The molecule has 6 heteroatoms. The first-order chi connectivity index (χ1) is 8.08. The van der Waals surface area contributed by atoms with Crippen LogP contribution in [0.15, 0.2) is 18.2 Å². The average molecular weight is 277 g/mol. The molecule has 0 aliphatic heterocycles. The van der Waals surface area contributed by atoms with Gasteiger partial charge in [-0.25, -0.2) is 4.39 Å². The number of nitrogens with two attached hydrogens (primary N) is 1. The molecule has 0 saturated carbocycles. The molecule has 1 aromatic carbocycles. The van der Waals surface area contributed by atoms with E-state index in [1.54, 1.807) is 0 Å². The van der Waals surface area contributed by atoms with Crippen LogP contribution in [0, 0.1) is 11.7 Å². The number of carbonyl (C=O) groups is 1. The highest BCUT2D eigenvalue weighted by Crippen LogP contribution is 2.18. The first-order valence-corrected chi connectivity index (χ1v) is 5.40. The number of ether oxygens (including phenoxy) is 1. The Balaban J connectivity index is 0.00000289. The lowest BCUT2D eigenvalue weighted by Crippen LogP contribution is -2.31. The van der Waals surface area contributed by atoms with Gasteiger partial charge in [0, 0.05) is 6.54 Å². The molecule has 1 amide bonds. The van der Waals surface area contributed by atoms with Crippen LogP contribution in [-0.2, 0) is 0 Å². The first-order valence-electron chi connectivity index (χ1n) is 5.40. The highest BCUT2D eigenvalue weighted by Gasteiger charge is 2.13. The van der Waals surface area contributed by atoms with E-state index in [-0.39, 0.29) is 29.8 Å². The quantitative estimate of drug-likeness (QED) is 0.858. The van der Waals surface area contributed by atoms with E-state index >= 15 is 0 Å². The Hall–Kier alpha value is -1.33. The zero-order chi connectivity index (χ0) is 12.8. The predicted octanol–water partition coefficient (Wildman–Crippen LogP) is 1.58. The molecule has 1 atom stereocenters. The second-order valence-electron chi connectivity index (χ2n) is 3.90. The summed E-state index contributed by atoms with van der Waals surface area (Å²) < 4.78 is 18.1. The minimum absolute atomic E-state index is 0. The highest BCUT2D eigenvalue weighted by molar-refractivity contribution is 5.96. The van der Waals surface area contributed by atoms with Crippen molar-refractivity contribution in [1.82, 2.24) is 5.32 Å². The van der Waals surface area contributed by atoms with Gasteiger partial charge in [0.2, 0.25) is 0 Å². The Morgan fingerprint density at radius 1 is 1.56 bits per heavy atom. The fourth-order valence-electron chi connectivity index (χ4n) is 1.30. The number of hydrogen-bond acceptors (Lipinski definition) is 3. The number of halogens is 2. The van der Waals surface area contributed by atoms with Crippen molar-refractivity contribution in [3.63, 3.8) is 0 Å². The Morgan fingerprint density at radius 2 is 2.22 bits per heavy atom. The van der Waals surface area contributed by atoms with Crippen LogP contribution in [0.3, 0.4) is 0 Å². The number of amides is 1. The van der Waals surface area contributed by atoms with E-state index in [4.69, 9.17) is 10.5 Å². The zero-order valence-corrected chi connectivity index (χ0v) is 11.2. The molecule has 0 spiro atoms. The van der Waals surface area contributed by atoms with Gasteiger partial charge in [0.05, 0.1) is 12.7 Å². The van der Waals surface area contributed by atoms with Crippen LogP contribution in [-0.4, -0.2) is 26.1 Å². The molecule has 102 valence electrons. The van der Waals surface area contributed by atoms with E-state index in [2.05, 4.69) is 5.32 Å². The van der Waals surface area contributed by atoms with Gasteiger partial charge in [-0.15, -0.1) is 12.4 Å².